The summed E-state index contributed by atoms with van der Waals surface area (Å²) in [7, 11) is 1.93. The number of aryl methyl sites for hydroxylation is 2. The summed E-state index contributed by atoms with van der Waals surface area (Å²) in [5.74, 6) is 0.0545. The van der Waals surface area contributed by atoms with E-state index < -0.39 is 0 Å². The van der Waals surface area contributed by atoms with E-state index in [0.29, 0.717) is 12.8 Å². The molecule has 6 nitrogen and oxygen atoms in total. The molecule has 0 spiro atoms. The molecule has 136 valence electrons. The van der Waals surface area contributed by atoms with Crippen LogP contribution in [0.25, 0.3) is 5.69 Å². The van der Waals surface area contributed by atoms with Crippen LogP contribution in [0.5, 0.6) is 0 Å². The predicted molar refractivity (Wildman–Crippen MR) is 101 cm³/mol. The van der Waals surface area contributed by atoms with Gasteiger partial charge in [-0.25, -0.2) is 4.98 Å². The minimum atomic E-state index is -0.0320. The van der Waals surface area contributed by atoms with E-state index >= 15 is 0 Å². The SMILES string of the molecule is Cc1nn(C)c(C)c1CCC(=O)N[C@@H](C)c1ccc(-n2ccnc2)cc1. The molecular formula is C20H25N5O. The van der Waals surface area contributed by atoms with E-state index in [2.05, 4.69) is 15.4 Å². The topological polar surface area (TPSA) is 64.7 Å². The zero-order chi connectivity index (χ0) is 18.7. The second-order valence-electron chi connectivity index (χ2n) is 6.62. The van der Waals surface area contributed by atoms with Gasteiger partial charge in [-0.15, -0.1) is 0 Å². The van der Waals surface area contributed by atoms with Crippen molar-refractivity contribution in [1.82, 2.24) is 24.6 Å². The van der Waals surface area contributed by atoms with Crippen LogP contribution in [0.2, 0.25) is 0 Å². The normalized spacial score (nSPS) is 12.2. The predicted octanol–water partition coefficient (Wildman–Crippen LogP) is 3.03. The molecular weight excluding hydrogens is 326 g/mol. The first kappa shape index (κ1) is 17.9. The fourth-order valence-corrected chi connectivity index (χ4v) is 3.16. The number of aromatic nitrogens is 4. The summed E-state index contributed by atoms with van der Waals surface area (Å²) in [5.41, 5.74) is 5.42. The van der Waals surface area contributed by atoms with Crippen LogP contribution < -0.4 is 5.32 Å². The highest BCUT2D eigenvalue weighted by molar-refractivity contribution is 5.76. The molecule has 0 fully saturated rings. The molecule has 2 heterocycles. The lowest BCUT2D eigenvalue weighted by Crippen LogP contribution is -2.26. The quantitative estimate of drug-likeness (QED) is 0.742. The van der Waals surface area contributed by atoms with Crippen molar-refractivity contribution in [2.75, 3.05) is 0 Å². The number of imidazole rings is 1. The van der Waals surface area contributed by atoms with Crippen LogP contribution in [0.3, 0.4) is 0 Å². The highest BCUT2D eigenvalue weighted by Gasteiger charge is 2.13. The van der Waals surface area contributed by atoms with Gasteiger partial charge in [-0.05, 0) is 50.5 Å². The Labute approximate surface area is 153 Å². The fourth-order valence-electron chi connectivity index (χ4n) is 3.16. The summed E-state index contributed by atoms with van der Waals surface area (Å²) >= 11 is 0. The van der Waals surface area contributed by atoms with E-state index in [-0.39, 0.29) is 11.9 Å². The summed E-state index contributed by atoms with van der Waals surface area (Å²) in [5, 5.41) is 7.49. The average Bonchev–Trinajstić information content (AvgIpc) is 3.23. The number of benzene rings is 1. The molecule has 0 radical (unpaired) electrons. The first-order valence-corrected chi connectivity index (χ1v) is 8.82. The molecule has 3 aromatic rings. The van der Waals surface area contributed by atoms with Crippen molar-refractivity contribution < 1.29 is 4.79 Å². The lowest BCUT2D eigenvalue weighted by molar-refractivity contribution is -0.121. The summed E-state index contributed by atoms with van der Waals surface area (Å²) in [6.45, 7) is 6.03. The molecule has 2 aromatic heterocycles. The maximum absolute atomic E-state index is 12.3. The van der Waals surface area contributed by atoms with Crippen LogP contribution in [0.15, 0.2) is 43.0 Å². The van der Waals surface area contributed by atoms with Crippen molar-refractivity contribution in [2.45, 2.75) is 39.7 Å². The third kappa shape index (κ3) is 3.85. The van der Waals surface area contributed by atoms with Crippen molar-refractivity contribution >= 4 is 5.91 Å². The second-order valence-corrected chi connectivity index (χ2v) is 6.62. The smallest absolute Gasteiger partial charge is 0.220 e. The number of nitrogens with one attached hydrogen (secondary N) is 1. The Morgan fingerprint density at radius 2 is 1.96 bits per heavy atom. The summed E-state index contributed by atoms with van der Waals surface area (Å²) in [4.78, 5) is 16.4. The molecule has 1 amide bonds. The van der Waals surface area contributed by atoms with Gasteiger partial charge >= 0.3 is 0 Å². The Balaban J connectivity index is 1.57. The standard InChI is InChI=1S/C20H25N5O/c1-14(17-5-7-18(8-6-17)25-12-11-21-13-25)22-20(26)10-9-19-15(2)23-24(4)16(19)3/h5-8,11-14H,9-10H2,1-4H3,(H,22,26)/t14-/m0/s1. The number of hydrogen-bond donors (Lipinski definition) is 1. The molecule has 0 aliphatic carbocycles. The monoisotopic (exact) mass is 351 g/mol. The highest BCUT2D eigenvalue weighted by Crippen LogP contribution is 2.17. The largest absolute Gasteiger partial charge is 0.350 e. The van der Waals surface area contributed by atoms with Crippen molar-refractivity contribution in [3.63, 3.8) is 0 Å². The first-order chi connectivity index (χ1) is 12.5. The summed E-state index contributed by atoms with van der Waals surface area (Å²) < 4.78 is 3.82. The zero-order valence-corrected chi connectivity index (χ0v) is 15.7. The Bertz CT molecular complexity index is 878. The minimum Gasteiger partial charge on any atom is -0.350 e. The molecule has 26 heavy (non-hydrogen) atoms. The van der Waals surface area contributed by atoms with Gasteiger partial charge in [-0.1, -0.05) is 12.1 Å². The van der Waals surface area contributed by atoms with E-state index in [1.807, 2.05) is 67.5 Å². The maximum atomic E-state index is 12.3. The van der Waals surface area contributed by atoms with Crippen LogP contribution in [0, 0.1) is 13.8 Å². The third-order valence-corrected chi connectivity index (χ3v) is 4.83. The number of nitrogens with zero attached hydrogens (tertiary/aromatic N) is 4. The van der Waals surface area contributed by atoms with Crippen LogP contribution in [-0.4, -0.2) is 25.2 Å². The Morgan fingerprint density at radius 3 is 2.54 bits per heavy atom. The van der Waals surface area contributed by atoms with E-state index in [1.54, 1.807) is 12.5 Å². The van der Waals surface area contributed by atoms with E-state index in [0.717, 1.165) is 22.6 Å². The van der Waals surface area contributed by atoms with Crippen LogP contribution >= 0.6 is 0 Å². The molecule has 3 rings (SSSR count). The summed E-state index contributed by atoms with van der Waals surface area (Å²) in [6, 6.07) is 8.10. The van der Waals surface area contributed by atoms with Gasteiger partial charge in [-0.3, -0.25) is 9.48 Å². The number of rotatable bonds is 6. The van der Waals surface area contributed by atoms with Gasteiger partial charge in [-0.2, -0.15) is 5.10 Å². The molecule has 0 aliphatic heterocycles. The maximum Gasteiger partial charge on any atom is 0.220 e. The van der Waals surface area contributed by atoms with Gasteiger partial charge in [0.15, 0.2) is 0 Å². The van der Waals surface area contributed by atoms with Crippen molar-refractivity contribution in [2.24, 2.45) is 7.05 Å². The van der Waals surface area contributed by atoms with Crippen LogP contribution in [-0.2, 0) is 18.3 Å². The molecule has 0 unspecified atom stereocenters. The fraction of sp³-hybridized carbons (Fsp3) is 0.350. The van der Waals surface area contributed by atoms with Crippen molar-refractivity contribution in [3.8, 4) is 5.69 Å². The minimum absolute atomic E-state index is 0.0320. The number of hydrogen-bond acceptors (Lipinski definition) is 3. The van der Waals surface area contributed by atoms with E-state index in [4.69, 9.17) is 0 Å². The number of carbonyl (C=O) groups excluding carboxylic acids is 1. The summed E-state index contributed by atoms with van der Waals surface area (Å²) in [6.07, 6.45) is 6.60. The Kier molecular flexibility index (Phi) is 5.21. The molecule has 6 heteroatoms. The number of amides is 1. The van der Waals surface area contributed by atoms with E-state index in [9.17, 15) is 4.79 Å². The molecule has 1 aromatic carbocycles. The second kappa shape index (κ2) is 7.56. The lowest BCUT2D eigenvalue weighted by Gasteiger charge is -2.15. The van der Waals surface area contributed by atoms with Crippen LogP contribution in [0.1, 0.15) is 41.9 Å². The van der Waals surface area contributed by atoms with Gasteiger partial charge in [0.2, 0.25) is 5.91 Å². The van der Waals surface area contributed by atoms with Gasteiger partial charge in [0.25, 0.3) is 0 Å². The van der Waals surface area contributed by atoms with Gasteiger partial charge in [0.05, 0.1) is 18.1 Å². The molecule has 0 saturated carbocycles. The third-order valence-electron chi connectivity index (χ3n) is 4.83. The van der Waals surface area contributed by atoms with Gasteiger partial charge in [0, 0.05) is 37.2 Å². The Morgan fingerprint density at radius 1 is 1.23 bits per heavy atom. The zero-order valence-electron chi connectivity index (χ0n) is 15.7. The number of carbonyl (C=O) groups is 1. The molecule has 1 N–H and O–H groups in total. The van der Waals surface area contributed by atoms with Crippen molar-refractivity contribution in [3.05, 3.63) is 65.5 Å². The molecule has 0 bridgehead atoms. The van der Waals surface area contributed by atoms with Gasteiger partial charge in [0.1, 0.15) is 0 Å². The van der Waals surface area contributed by atoms with Crippen molar-refractivity contribution in [1.29, 1.82) is 0 Å². The van der Waals surface area contributed by atoms with Crippen LogP contribution in [0.4, 0.5) is 0 Å². The first-order valence-electron chi connectivity index (χ1n) is 8.82. The molecule has 0 saturated heterocycles. The molecule has 0 aliphatic rings. The van der Waals surface area contributed by atoms with E-state index in [1.165, 1.54) is 5.56 Å². The lowest BCUT2D eigenvalue weighted by atomic mass is 10.1. The Hall–Kier alpha value is -2.89. The van der Waals surface area contributed by atoms with Gasteiger partial charge < -0.3 is 9.88 Å². The molecule has 1 atom stereocenters. The average molecular weight is 351 g/mol. The highest BCUT2D eigenvalue weighted by atomic mass is 16.1.